The molecular formula is C37H64N6O7S. The Morgan fingerprint density at radius 3 is 2.24 bits per heavy atom. The quantitative estimate of drug-likeness (QED) is 0.139. The zero-order chi connectivity index (χ0) is 38.3. The van der Waals surface area contributed by atoms with E-state index >= 15 is 0 Å². The van der Waals surface area contributed by atoms with Gasteiger partial charge in [0.15, 0.2) is 0 Å². The highest BCUT2D eigenvalue weighted by atomic mass is 32.2. The first-order valence-corrected chi connectivity index (χ1v) is 20.6. The van der Waals surface area contributed by atoms with Crippen LogP contribution in [-0.2, 0) is 29.2 Å². The molecule has 0 bridgehead atoms. The lowest BCUT2D eigenvalue weighted by atomic mass is 9.79. The summed E-state index contributed by atoms with van der Waals surface area (Å²) in [5.74, 6) is -2.56. The molecule has 3 rings (SSSR count). The zero-order valence-corrected chi connectivity index (χ0v) is 33.0. The lowest BCUT2D eigenvalue weighted by molar-refractivity contribution is -0.144. The van der Waals surface area contributed by atoms with Crippen molar-refractivity contribution in [3.8, 4) is 0 Å². The lowest BCUT2D eigenvalue weighted by Crippen LogP contribution is -2.61. The normalized spacial score (nSPS) is 23.9. The van der Waals surface area contributed by atoms with Gasteiger partial charge in [-0.3, -0.25) is 19.2 Å². The van der Waals surface area contributed by atoms with E-state index in [2.05, 4.69) is 41.7 Å². The van der Waals surface area contributed by atoms with Gasteiger partial charge >= 0.3 is 6.03 Å². The Hall–Kier alpha value is -3.00. The van der Waals surface area contributed by atoms with Gasteiger partial charge in [-0.15, -0.1) is 6.58 Å². The van der Waals surface area contributed by atoms with Gasteiger partial charge in [0, 0.05) is 32.7 Å². The minimum absolute atomic E-state index is 0.0375. The molecular weight excluding hydrogens is 673 g/mol. The molecule has 3 fully saturated rings. The number of sulfonamides is 1. The van der Waals surface area contributed by atoms with E-state index in [0.717, 1.165) is 57.6 Å². The topological polar surface area (TPSA) is 174 Å². The molecule has 6 atom stereocenters. The summed E-state index contributed by atoms with van der Waals surface area (Å²) in [5.41, 5.74) is -0.632. The minimum Gasteiger partial charge on any atom is -0.346 e. The Labute approximate surface area is 305 Å². The summed E-state index contributed by atoms with van der Waals surface area (Å²) in [6.07, 6.45) is 10.2. The van der Waals surface area contributed by atoms with E-state index in [1.807, 2.05) is 27.7 Å². The van der Waals surface area contributed by atoms with Crippen LogP contribution in [0.2, 0.25) is 0 Å². The van der Waals surface area contributed by atoms with Crippen LogP contribution in [0.5, 0.6) is 0 Å². The monoisotopic (exact) mass is 736 g/mol. The summed E-state index contributed by atoms with van der Waals surface area (Å²) in [4.78, 5) is 70.4. The predicted molar refractivity (Wildman–Crippen MR) is 198 cm³/mol. The summed E-state index contributed by atoms with van der Waals surface area (Å²) in [6.45, 7) is 16.1. The molecule has 4 N–H and O–H groups in total. The van der Waals surface area contributed by atoms with E-state index in [9.17, 15) is 32.4 Å². The molecule has 13 nitrogen and oxygen atoms in total. The molecule has 51 heavy (non-hydrogen) atoms. The maximum Gasteiger partial charge on any atom is 0.315 e. The van der Waals surface area contributed by atoms with Crippen molar-refractivity contribution in [3.63, 3.8) is 0 Å². The fraction of sp³-hybridized carbons (Fsp3) is 0.811. The molecule has 0 radical (unpaired) electrons. The van der Waals surface area contributed by atoms with E-state index in [1.54, 1.807) is 4.90 Å². The van der Waals surface area contributed by atoms with Gasteiger partial charge in [-0.1, -0.05) is 79.7 Å². The number of nitrogens with one attached hydrogen (secondary N) is 4. The van der Waals surface area contributed by atoms with Crippen molar-refractivity contribution in [1.82, 2.24) is 30.5 Å². The van der Waals surface area contributed by atoms with Crippen LogP contribution >= 0.6 is 0 Å². The molecule has 1 saturated heterocycles. The van der Waals surface area contributed by atoms with E-state index in [0.29, 0.717) is 19.4 Å². The van der Waals surface area contributed by atoms with Gasteiger partial charge < -0.3 is 26.2 Å². The van der Waals surface area contributed by atoms with E-state index in [-0.39, 0.29) is 42.2 Å². The maximum absolute atomic E-state index is 14.8. The van der Waals surface area contributed by atoms with Crippen LogP contribution in [0.15, 0.2) is 12.7 Å². The van der Waals surface area contributed by atoms with Crippen LogP contribution in [0, 0.1) is 28.6 Å². The van der Waals surface area contributed by atoms with E-state index in [4.69, 9.17) is 0 Å². The van der Waals surface area contributed by atoms with Gasteiger partial charge in [0.2, 0.25) is 27.6 Å². The molecule has 0 aromatic rings. The molecule has 3 aliphatic rings. The number of hydrogen-bond donors (Lipinski definition) is 4. The predicted octanol–water partition coefficient (Wildman–Crippen LogP) is 3.35. The molecule has 2 saturated carbocycles. The Bertz CT molecular complexity index is 1390. The number of amides is 5. The van der Waals surface area contributed by atoms with Crippen LogP contribution < -0.4 is 21.3 Å². The van der Waals surface area contributed by atoms with Crippen molar-refractivity contribution < 1.29 is 32.4 Å². The van der Waals surface area contributed by atoms with Gasteiger partial charge in [-0.25, -0.2) is 17.5 Å². The molecule has 0 aromatic carbocycles. The average Bonchev–Trinajstić information content (AvgIpc) is 3.59. The van der Waals surface area contributed by atoms with Crippen LogP contribution in [0.3, 0.4) is 0 Å². The SMILES string of the molecule is C=CCNC(=O)C(=O)C(CCCC)NC(=O)[C@@H]1[C@H]2CCC(C)(C)[C@H]2CN1C(=O)[C@@H](NC(=O)N[C@H](CN(C)S(C)(=O)=O)C(C)(C)C)C1CCCCC1. The number of nitrogens with zero attached hydrogens (tertiary/aromatic N) is 2. The number of hydrogen-bond acceptors (Lipinski definition) is 7. The number of ketones is 1. The van der Waals surface area contributed by atoms with Gasteiger partial charge in [-0.05, 0) is 60.7 Å². The van der Waals surface area contributed by atoms with Crippen molar-refractivity contribution in [2.45, 2.75) is 130 Å². The Balaban J connectivity index is 1.94. The largest absolute Gasteiger partial charge is 0.346 e. The Kier molecular flexibility index (Phi) is 14.7. The summed E-state index contributed by atoms with van der Waals surface area (Å²) in [6, 6.07) is -3.94. The number of carbonyl (C=O) groups excluding carboxylic acids is 5. The van der Waals surface area contributed by atoms with Crippen molar-refractivity contribution >= 4 is 39.6 Å². The molecule has 1 heterocycles. The van der Waals surface area contributed by atoms with Gasteiger partial charge in [-0.2, -0.15) is 0 Å². The highest BCUT2D eigenvalue weighted by Crippen LogP contribution is 2.53. The Morgan fingerprint density at radius 1 is 1.02 bits per heavy atom. The number of Topliss-reactive ketones (excluding diaryl/α,β-unsaturated/α-hetero) is 1. The first kappa shape index (κ1) is 42.4. The first-order valence-electron chi connectivity index (χ1n) is 18.7. The van der Waals surface area contributed by atoms with Crippen LogP contribution in [0.4, 0.5) is 4.79 Å². The second-order valence-corrected chi connectivity index (χ2v) is 18.8. The fourth-order valence-electron chi connectivity index (χ4n) is 8.03. The second kappa shape index (κ2) is 17.7. The third kappa shape index (κ3) is 11.0. The average molecular weight is 737 g/mol. The standard InChI is InChI=1S/C37H64N6O7S/c1-10-12-18-27(31(44)33(46)38-21-11-2)39-32(45)30-25-19-20-37(6,7)26(25)22-43(30)34(47)29(24-16-14-13-15-17-24)41-35(48)40-28(36(3,4)5)23-42(8)51(9,49)50/h11,24-30H,2,10,12-23H2,1,3-9H3,(H,38,46)(H,39,45)(H2,40,41,48)/t25-,26-,27?,28+,29-,30-/m0/s1. The van der Waals surface area contributed by atoms with E-state index < -0.39 is 63.2 Å². The highest BCUT2D eigenvalue weighted by molar-refractivity contribution is 7.88. The summed E-state index contributed by atoms with van der Waals surface area (Å²) >= 11 is 0. The highest BCUT2D eigenvalue weighted by Gasteiger charge is 2.57. The fourth-order valence-corrected chi connectivity index (χ4v) is 8.45. The number of fused-ring (bicyclic) bond motifs is 1. The van der Waals surface area contributed by atoms with Gasteiger partial charge in [0.1, 0.15) is 12.1 Å². The van der Waals surface area contributed by atoms with Crippen LogP contribution in [-0.4, -0.2) is 104 Å². The zero-order valence-electron chi connectivity index (χ0n) is 32.2. The molecule has 290 valence electrons. The van der Waals surface area contributed by atoms with Crippen molar-refractivity contribution in [3.05, 3.63) is 12.7 Å². The minimum atomic E-state index is -3.50. The number of likely N-dealkylation sites (N-methyl/N-ethyl adjacent to an activating group) is 1. The molecule has 5 amide bonds. The second-order valence-electron chi connectivity index (χ2n) is 16.8. The summed E-state index contributed by atoms with van der Waals surface area (Å²) in [5, 5.41) is 11.3. The third-order valence-electron chi connectivity index (χ3n) is 11.5. The number of carbonyl (C=O) groups is 5. The lowest BCUT2D eigenvalue weighted by Gasteiger charge is -2.37. The number of likely N-dealkylation sites (tertiary alicyclic amines) is 1. The smallest absolute Gasteiger partial charge is 0.315 e. The molecule has 1 unspecified atom stereocenters. The number of unbranched alkanes of at least 4 members (excludes halogenated alkanes) is 1. The molecule has 0 spiro atoms. The van der Waals surface area contributed by atoms with Crippen LogP contribution in [0.25, 0.3) is 0 Å². The van der Waals surface area contributed by atoms with Crippen molar-refractivity contribution in [1.29, 1.82) is 0 Å². The molecule has 2 aliphatic carbocycles. The third-order valence-corrected chi connectivity index (χ3v) is 12.8. The molecule has 14 heteroatoms. The maximum atomic E-state index is 14.8. The Morgan fingerprint density at radius 2 is 1.67 bits per heavy atom. The van der Waals surface area contributed by atoms with Gasteiger partial charge in [0.25, 0.3) is 5.91 Å². The molecule has 1 aliphatic heterocycles. The first-order chi connectivity index (χ1) is 23.7. The molecule has 0 aromatic heterocycles. The number of rotatable bonds is 16. The number of urea groups is 1. The van der Waals surface area contributed by atoms with Crippen LogP contribution in [0.1, 0.15) is 106 Å². The van der Waals surface area contributed by atoms with Gasteiger partial charge in [0.05, 0.1) is 12.3 Å². The summed E-state index contributed by atoms with van der Waals surface area (Å²) < 4.78 is 25.6. The van der Waals surface area contributed by atoms with Crippen molar-refractivity contribution in [2.75, 3.05) is 32.9 Å². The van der Waals surface area contributed by atoms with Crippen molar-refractivity contribution in [2.24, 2.45) is 28.6 Å². The van der Waals surface area contributed by atoms with E-state index in [1.165, 1.54) is 17.4 Å². The summed E-state index contributed by atoms with van der Waals surface area (Å²) in [7, 11) is -2.04.